The van der Waals surface area contributed by atoms with Gasteiger partial charge in [0.2, 0.25) is 29.5 Å². The van der Waals surface area contributed by atoms with Crippen LogP contribution in [0.3, 0.4) is 0 Å². The van der Waals surface area contributed by atoms with Gasteiger partial charge in [0, 0.05) is 34.6 Å². The van der Waals surface area contributed by atoms with Crippen molar-refractivity contribution in [3.63, 3.8) is 0 Å². The van der Waals surface area contributed by atoms with E-state index in [9.17, 15) is 190 Å². The molecule has 0 bridgehead atoms. The molecular weight excluding hydrogens is 2080 g/mol. The smallest absolute Gasteiger partial charge is 0.394 e. The molecule has 12 heterocycles. The van der Waals surface area contributed by atoms with Crippen LogP contribution in [0.1, 0.15) is 48.5 Å². The first-order chi connectivity index (χ1) is 70.6. The summed E-state index contributed by atoms with van der Waals surface area (Å²) in [5.74, 6) is -5.35. The Morgan fingerprint density at radius 3 is 0.907 bits per heavy atom. The fraction of sp³-hybridized carbons (Fsp3) is 0.939. The van der Waals surface area contributed by atoms with E-state index < -0.39 is 474 Å². The number of carbonyl (C=O) groups excluding carboxylic acids is 5. The second kappa shape index (κ2) is 53.4. The molecule has 12 aliphatic heterocycles. The number of amides is 5. The number of rotatable bonds is 39. The lowest BCUT2D eigenvalue weighted by atomic mass is 9.93. The lowest BCUT2D eigenvalue weighted by molar-refractivity contribution is -0.411. The van der Waals surface area contributed by atoms with E-state index in [2.05, 4.69) is 26.6 Å². The van der Waals surface area contributed by atoms with Crippen molar-refractivity contribution in [1.29, 1.82) is 0 Å². The zero-order valence-electron chi connectivity index (χ0n) is 80.6. The fourth-order valence-corrected chi connectivity index (χ4v) is 19.5. The Morgan fingerprint density at radius 1 is 0.220 bits per heavy atom. The van der Waals surface area contributed by atoms with Gasteiger partial charge < -0.3 is 289 Å². The molecule has 0 spiro atoms. The number of nitrogens with one attached hydrogen (secondary N) is 5. The van der Waals surface area contributed by atoms with E-state index in [4.69, 9.17) is 113 Å². The number of aliphatic hydroxyl groups excluding tert-OH is 30. The molecule has 12 rings (SSSR count). The van der Waals surface area contributed by atoms with E-state index in [1.807, 2.05) is 0 Å². The maximum atomic E-state index is 14.0. The Hall–Kier alpha value is -4.90. The molecule has 0 aromatic carbocycles. The molecule has 0 aromatic rings. The van der Waals surface area contributed by atoms with Gasteiger partial charge in [-0.25, -0.2) is 4.18 Å². The summed E-state index contributed by atoms with van der Waals surface area (Å²) in [6.45, 7) is -6.18. The van der Waals surface area contributed by atoms with Crippen LogP contribution in [0.25, 0.3) is 0 Å². The summed E-state index contributed by atoms with van der Waals surface area (Å²) in [6.07, 6.45) is -125. The molecule has 67 nitrogen and oxygen atoms in total. The van der Waals surface area contributed by atoms with E-state index in [1.54, 1.807) is 0 Å². The second-order valence-corrected chi connectivity index (χ2v) is 38.9. The van der Waals surface area contributed by atoms with Crippen molar-refractivity contribution in [2.45, 2.75) is 417 Å². The van der Waals surface area contributed by atoms with Gasteiger partial charge in [-0.3, -0.25) is 28.5 Å². The summed E-state index contributed by atoms with van der Waals surface area (Å²) < 4.78 is 182. The van der Waals surface area contributed by atoms with Crippen molar-refractivity contribution in [3.05, 3.63) is 0 Å². The largest absolute Gasteiger partial charge is 0.397 e. The summed E-state index contributed by atoms with van der Waals surface area (Å²) in [4.78, 5) is 66.9. The van der Waals surface area contributed by atoms with E-state index >= 15 is 0 Å². The first-order valence-corrected chi connectivity index (χ1v) is 48.9. The summed E-state index contributed by atoms with van der Waals surface area (Å²) >= 11 is 0. The van der Waals surface area contributed by atoms with Crippen LogP contribution in [0.2, 0.25) is 0 Å². The van der Waals surface area contributed by atoms with Gasteiger partial charge >= 0.3 is 10.4 Å². The van der Waals surface area contributed by atoms with E-state index in [1.165, 1.54) is 6.92 Å². The zero-order chi connectivity index (χ0) is 111. The number of carbonyl (C=O) groups is 5. The van der Waals surface area contributed by atoms with Crippen LogP contribution < -0.4 is 26.6 Å². The van der Waals surface area contributed by atoms with Crippen LogP contribution in [0.4, 0.5) is 0 Å². The molecular formula is C82H137N5O62S. The summed E-state index contributed by atoms with van der Waals surface area (Å²) in [6, 6.07) is -10.7. The number of aliphatic hydroxyl groups is 30. The Balaban J connectivity index is 0.997. The third-order valence-corrected chi connectivity index (χ3v) is 27.6. The van der Waals surface area contributed by atoms with Crippen molar-refractivity contribution >= 4 is 39.9 Å². The van der Waals surface area contributed by atoms with Crippen molar-refractivity contribution in [3.8, 4) is 0 Å². The minimum atomic E-state index is -5.76. The lowest BCUT2D eigenvalue weighted by Crippen LogP contribution is -2.72. The van der Waals surface area contributed by atoms with E-state index in [0.717, 1.165) is 41.5 Å². The molecule has 0 radical (unpaired) electrons. The van der Waals surface area contributed by atoms with Gasteiger partial charge in [0.25, 0.3) is 0 Å². The average Bonchev–Trinajstić information content (AvgIpc) is 0.745. The van der Waals surface area contributed by atoms with Gasteiger partial charge in [0.1, 0.15) is 280 Å². The van der Waals surface area contributed by atoms with Crippen LogP contribution in [0, 0.1) is 0 Å². The highest BCUT2D eigenvalue weighted by atomic mass is 32.3. The van der Waals surface area contributed by atoms with Gasteiger partial charge in [0.15, 0.2) is 75.5 Å². The van der Waals surface area contributed by atoms with E-state index in [0.29, 0.717) is 0 Å². The predicted octanol–water partition coefficient (Wildman–Crippen LogP) is -24.6. The van der Waals surface area contributed by atoms with Gasteiger partial charge in [0.05, 0.1) is 78.3 Å². The molecule has 12 saturated heterocycles. The monoisotopic (exact) mass is 2220 g/mol. The molecule has 12 fully saturated rings. The molecule has 150 heavy (non-hydrogen) atoms. The standard InChI is InChI=1S/C82H137N5O62S/c1-18-40(100)51(111)57(117)76(129-18)126-15-32-64(48(108)35(71(122)131-32)83-20(3)95)141-73-37(85-22(5)97)49(109)63(31(14-94)137-73)143-80-61(121)68(147-82-70(56(116)46(106)29(12-92)136-82)149-75-39(87-24(7)99)67(146-77-58(118)52(112)41(101)19(2)130-77)65(34(139-75)17-128-150(123,124)125)145-79-60(120)54(114)44(104)27(10-90)134-79)66(144-72-36(84-21(4)96)47(107)42(102)25(8-88)132-72)33(140-80)16-127-81-69(55(115)45(105)28(11-91)135-81)148-74-38(86-23(6)98)50(110)62(30(13-93)138-74)142-78-59(119)53(113)43(103)26(9-89)133-78/h18-19,25-82,88-94,100-122H,8-17H2,1-7H3,(H,83,95)(H,84,96)(H,85,97)(H,86,98)(H,87,99)(H,123,124,125)/t18-,19-,25+,26+,27+,28+,29+,30+,31+,32+,33+,34+,35+,36+,37+,38+,39+,40+,41+,42+,43-,44-,45+,46+,47+,48+,49+,50+,51+,52+,53-,54-,55-,56-,57-,58-,59+,60+,61-,62+,63+,64+,65+,66+,67+,68+,69-,70-,71+,72-,73-,74-,75-,76+,77-,78-,79-,80-,81-,82+/m0/s1. The molecule has 60 atom stereocenters. The quantitative estimate of drug-likeness (QED) is 0.0254. The van der Waals surface area contributed by atoms with E-state index in [-0.39, 0.29) is 0 Å². The highest BCUT2D eigenvalue weighted by molar-refractivity contribution is 7.80. The first-order valence-electron chi connectivity index (χ1n) is 47.5. The van der Waals surface area contributed by atoms with Crippen LogP contribution in [-0.4, -0.2) is 630 Å². The number of hydrogen-bond acceptors (Lipinski definition) is 61. The number of hydrogen-bond donors (Lipinski definition) is 36. The topological polar surface area (TPSA) is 1030 Å². The normalized spacial score (nSPS) is 48.9. The van der Waals surface area contributed by atoms with Crippen LogP contribution >= 0.6 is 0 Å². The first kappa shape index (κ1) is 124. The zero-order valence-corrected chi connectivity index (χ0v) is 81.5. The second-order valence-electron chi connectivity index (χ2n) is 37.9. The molecule has 0 aliphatic carbocycles. The molecule has 68 heteroatoms. The van der Waals surface area contributed by atoms with Crippen molar-refractivity contribution < 1.29 is 303 Å². The summed E-state index contributed by atoms with van der Waals surface area (Å²) in [7, 11) is -5.76. The lowest BCUT2D eigenvalue weighted by Gasteiger charge is -2.53. The maximum Gasteiger partial charge on any atom is 0.397 e. The highest BCUT2D eigenvalue weighted by Gasteiger charge is 2.65. The third-order valence-electron chi connectivity index (χ3n) is 27.2. The van der Waals surface area contributed by atoms with Crippen LogP contribution in [0.5, 0.6) is 0 Å². The Labute approximate surface area is 849 Å². The highest BCUT2D eigenvalue weighted by Crippen LogP contribution is 2.44. The molecule has 5 amide bonds. The summed E-state index contributed by atoms with van der Waals surface area (Å²) in [5.41, 5.74) is 0. The third kappa shape index (κ3) is 28.0. The fourth-order valence-electron chi connectivity index (χ4n) is 19.2. The average molecular weight is 2220 g/mol. The SMILES string of the molecule is CC(=O)N[C@@H]1[C@@H](O)[C@H](O[C@@H]2O[C@H](CO)[C@@H](O[C@@H]3O[C@H](CO[C@H]4O[C@H](CO)[C@@H](O)[C@H](O)[C@@H]4O[C@@H]4O[C@H](CO)[C@@H](O[C@@H]5O[C@H](CO)[C@H](O)[C@H](O)[C@H]5O)[C@H](O)[C@H]4NC(C)=O)[C@@H](O[C@@H]4O[C@H](CO)[C@@H](O)[C@H](O)[C@H]4NC(C)=O)[C@H](O[C@H]4O[C@H](CO)[C@@H](O)[C@H](O)[C@@H]4O[C@@H]4O[C@H](COS(=O)(=O)O)[C@@H](O[C@@H]5O[C@H](CO)[C@H](O)[C@H](O)[C@H]5O)[C@H](O[C@@H]5O[C@@H](C)[C@@H](O)[C@@H](O)[C@@H]5O)[C@H]4NC(C)=O)[C@@H]3O)[C@H](O)[C@H]2NC(C)=O)[C@@H](CO[C@@H]2O[C@@H](C)[C@@H](O)[C@@H](O)[C@@H]2O)O[C@H]1O. The van der Waals surface area contributed by atoms with Crippen LogP contribution in [0.15, 0.2) is 0 Å². The minimum Gasteiger partial charge on any atom is -0.394 e. The maximum absolute atomic E-state index is 14.0. The van der Waals surface area contributed by atoms with Gasteiger partial charge in [-0.05, 0) is 13.8 Å². The van der Waals surface area contributed by atoms with Crippen molar-refractivity contribution in [2.24, 2.45) is 0 Å². The molecule has 12 aliphatic rings. The molecule has 0 aromatic heterocycles. The Bertz CT molecular complexity index is 4380. The van der Waals surface area contributed by atoms with Crippen LogP contribution in [-0.2, 0) is 148 Å². The minimum absolute atomic E-state index is 0.785. The molecule has 0 unspecified atom stereocenters. The van der Waals surface area contributed by atoms with Gasteiger partial charge in [-0.1, -0.05) is 0 Å². The van der Waals surface area contributed by atoms with Crippen molar-refractivity contribution in [2.75, 3.05) is 66.1 Å². The number of ether oxygens (including phenoxy) is 23. The Morgan fingerprint density at radius 2 is 0.473 bits per heavy atom. The Kier molecular flexibility index (Phi) is 44.0. The molecule has 0 saturated carbocycles. The molecule has 36 N–H and O–H groups in total. The van der Waals surface area contributed by atoms with Gasteiger partial charge in [-0.2, -0.15) is 8.42 Å². The molecule has 868 valence electrons. The van der Waals surface area contributed by atoms with Crippen molar-refractivity contribution in [1.82, 2.24) is 26.6 Å². The summed E-state index contributed by atoms with van der Waals surface area (Å²) in [5, 5.41) is 354. The van der Waals surface area contributed by atoms with Gasteiger partial charge in [-0.15, -0.1) is 0 Å². The predicted molar refractivity (Wildman–Crippen MR) is 461 cm³/mol.